The van der Waals surface area contributed by atoms with E-state index in [1.807, 2.05) is 18.2 Å². The first kappa shape index (κ1) is 15.5. The molecule has 1 heterocycles. The Morgan fingerprint density at radius 2 is 1.72 bits per heavy atom. The number of hydrogen-bond acceptors (Lipinski definition) is 4. The van der Waals surface area contributed by atoms with E-state index in [1.165, 1.54) is 38.5 Å². The number of amides is 1. The number of hydrogen-bond donors (Lipinski definition) is 2. The van der Waals surface area contributed by atoms with Gasteiger partial charge < -0.3 is 20.1 Å². The van der Waals surface area contributed by atoms with Crippen LogP contribution in [0.4, 0.5) is 0 Å². The lowest BCUT2D eigenvalue weighted by Crippen LogP contribution is -2.59. The quantitative estimate of drug-likeness (QED) is 0.863. The van der Waals surface area contributed by atoms with Crippen molar-refractivity contribution < 1.29 is 14.3 Å². The van der Waals surface area contributed by atoms with Gasteiger partial charge in [0.25, 0.3) is 0 Å². The van der Waals surface area contributed by atoms with E-state index in [4.69, 9.17) is 9.47 Å². The van der Waals surface area contributed by atoms with Crippen LogP contribution in [0.5, 0.6) is 11.5 Å². The molecule has 25 heavy (non-hydrogen) atoms. The molecule has 134 valence electrons. The molecule has 0 aromatic heterocycles. The van der Waals surface area contributed by atoms with Crippen LogP contribution in [0, 0.1) is 17.8 Å². The summed E-state index contributed by atoms with van der Waals surface area (Å²) < 4.78 is 10.7. The summed E-state index contributed by atoms with van der Waals surface area (Å²) in [6, 6.07) is 5.81. The number of fused-ring (bicyclic) bond motifs is 1. The van der Waals surface area contributed by atoms with Crippen LogP contribution < -0.4 is 20.1 Å². The van der Waals surface area contributed by atoms with Gasteiger partial charge in [0.1, 0.15) is 0 Å². The molecule has 4 aliphatic carbocycles. The molecule has 4 fully saturated rings. The molecule has 0 unspecified atom stereocenters. The molecule has 4 saturated carbocycles. The van der Waals surface area contributed by atoms with E-state index >= 15 is 0 Å². The molecule has 1 amide bonds. The molecular weight excluding hydrogens is 316 g/mol. The highest BCUT2D eigenvalue weighted by molar-refractivity contribution is 5.78. The number of nitrogens with one attached hydrogen (secondary N) is 2. The minimum atomic E-state index is 0.0772. The summed E-state index contributed by atoms with van der Waals surface area (Å²) in [5.74, 6) is 4.31. The summed E-state index contributed by atoms with van der Waals surface area (Å²) in [7, 11) is 0. The van der Waals surface area contributed by atoms with Crippen LogP contribution in [0.2, 0.25) is 0 Å². The number of carbonyl (C=O) groups excluding carboxylic acids is 1. The van der Waals surface area contributed by atoms with Crippen molar-refractivity contribution in [1.29, 1.82) is 0 Å². The summed E-state index contributed by atoms with van der Waals surface area (Å²) in [6.45, 7) is 1.23. The van der Waals surface area contributed by atoms with E-state index in [2.05, 4.69) is 10.6 Å². The van der Waals surface area contributed by atoms with E-state index < -0.39 is 0 Å². The average Bonchev–Trinajstić information content (AvgIpc) is 3.05. The third-order valence-electron chi connectivity index (χ3n) is 6.59. The first-order valence-electron chi connectivity index (χ1n) is 9.58. The summed E-state index contributed by atoms with van der Waals surface area (Å²) >= 11 is 0. The maximum Gasteiger partial charge on any atom is 0.234 e. The van der Waals surface area contributed by atoms with Crippen LogP contribution in [0.3, 0.4) is 0 Å². The van der Waals surface area contributed by atoms with Crippen molar-refractivity contribution in [2.24, 2.45) is 17.8 Å². The largest absolute Gasteiger partial charge is 0.454 e. The molecule has 0 atom stereocenters. The van der Waals surface area contributed by atoms with E-state index in [9.17, 15) is 4.79 Å². The predicted octanol–water partition coefficient (Wildman–Crippen LogP) is 2.59. The van der Waals surface area contributed by atoms with Gasteiger partial charge in [0.15, 0.2) is 11.5 Å². The Bertz CT molecular complexity index is 652. The molecule has 4 bridgehead atoms. The van der Waals surface area contributed by atoms with E-state index in [0.717, 1.165) is 34.8 Å². The SMILES string of the molecule is O=C(CNC12CC3CC(CC(C3)C1)C2)NCc1ccc2c(c1)OCO2. The van der Waals surface area contributed by atoms with Crippen molar-refractivity contribution in [3.8, 4) is 11.5 Å². The molecule has 6 rings (SSSR count). The van der Waals surface area contributed by atoms with Gasteiger partial charge in [-0.1, -0.05) is 6.07 Å². The maximum absolute atomic E-state index is 12.3. The smallest absolute Gasteiger partial charge is 0.234 e. The molecule has 5 aliphatic rings. The molecule has 1 aliphatic heterocycles. The van der Waals surface area contributed by atoms with E-state index in [-0.39, 0.29) is 18.2 Å². The highest BCUT2D eigenvalue weighted by Gasteiger charge is 2.50. The molecule has 0 saturated heterocycles. The number of carbonyl (C=O) groups is 1. The fraction of sp³-hybridized carbons (Fsp3) is 0.650. The molecule has 1 aromatic carbocycles. The van der Waals surface area contributed by atoms with Crippen LogP contribution in [0.25, 0.3) is 0 Å². The van der Waals surface area contributed by atoms with Crippen LogP contribution in [-0.2, 0) is 11.3 Å². The topological polar surface area (TPSA) is 59.6 Å². The van der Waals surface area contributed by atoms with Gasteiger partial charge in [0.2, 0.25) is 12.7 Å². The zero-order valence-corrected chi connectivity index (χ0v) is 14.6. The van der Waals surface area contributed by atoms with Gasteiger partial charge in [-0.05, 0) is 74.0 Å². The monoisotopic (exact) mass is 342 g/mol. The number of rotatable bonds is 5. The summed E-state index contributed by atoms with van der Waals surface area (Å²) in [6.07, 6.45) is 8.10. The Kier molecular flexibility index (Phi) is 3.66. The third-order valence-corrected chi connectivity index (χ3v) is 6.59. The predicted molar refractivity (Wildman–Crippen MR) is 93.3 cm³/mol. The normalized spacial score (nSPS) is 34.3. The second-order valence-electron chi connectivity index (χ2n) is 8.52. The highest BCUT2D eigenvalue weighted by Crippen LogP contribution is 2.55. The Morgan fingerprint density at radius 1 is 1.04 bits per heavy atom. The van der Waals surface area contributed by atoms with Gasteiger partial charge in [-0.15, -0.1) is 0 Å². The minimum absolute atomic E-state index is 0.0772. The second-order valence-corrected chi connectivity index (χ2v) is 8.52. The van der Waals surface area contributed by atoms with Crippen molar-refractivity contribution in [2.75, 3.05) is 13.3 Å². The van der Waals surface area contributed by atoms with E-state index in [1.54, 1.807) is 0 Å². The van der Waals surface area contributed by atoms with Gasteiger partial charge in [-0.25, -0.2) is 0 Å². The molecule has 1 aromatic rings. The van der Waals surface area contributed by atoms with Crippen LogP contribution in [0.15, 0.2) is 18.2 Å². The van der Waals surface area contributed by atoms with Crippen molar-refractivity contribution in [2.45, 2.75) is 50.6 Å². The standard InChI is InChI=1S/C20H26N2O3/c23-19(21-10-13-1-2-17-18(6-13)25-12-24-17)11-22-20-7-14-3-15(8-20)5-16(4-14)9-20/h1-2,6,14-16,22H,3-5,7-12H2,(H,21,23). The lowest BCUT2D eigenvalue weighted by Gasteiger charge is -2.57. The van der Waals surface area contributed by atoms with Gasteiger partial charge in [-0.2, -0.15) is 0 Å². The lowest BCUT2D eigenvalue weighted by molar-refractivity contribution is -0.121. The first-order chi connectivity index (χ1) is 12.2. The van der Waals surface area contributed by atoms with E-state index in [0.29, 0.717) is 13.1 Å². The lowest BCUT2D eigenvalue weighted by atomic mass is 9.53. The number of benzene rings is 1. The third kappa shape index (κ3) is 2.99. The summed E-state index contributed by atoms with van der Waals surface area (Å²) in [4.78, 5) is 12.3. The Balaban J connectivity index is 1.14. The highest BCUT2D eigenvalue weighted by atomic mass is 16.7. The molecule has 5 heteroatoms. The Hall–Kier alpha value is -1.75. The molecule has 0 spiro atoms. The van der Waals surface area contributed by atoms with Gasteiger partial charge >= 0.3 is 0 Å². The van der Waals surface area contributed by atoms with Crippen molar-refractivity contribution in [1.82, 2.24) is 10.6 Å². The van der Waals surface area contributed by atoms with Gasteiger partial charge in [0, 0.05) is 12.1 Å². The maximum atomic E-state index is 12.3. The molecule has 0 radical (unpaired) electrons. The van der Waals surface area contributed by atoms with Gasteiger partial charge in [-0.3, -0.25) is 4.79 Å². The van der Waals surface area contributed by atoms with Crippen LogP contribution in [-0.4, -0.2) is 24.8 Å². The zero-order valence-electron chi connectivity index (χ0n) is 14.6. The van der Waals surface area contributed by atoms with Crippen molar-refractivity contribution in [3.05, 3.63) is 23.8 Å². The average molecular weight is 342 g/mol. The first-order valence-corrected chi connectivity index (χ1v) is 9.58. The molecule has 2 N–H and O–H groups in total. The zero-order chi connectivity index (χ0) is 16.9. The number of ether oxygens (including phenoxy) is 2. The fourth-order valence-corrected chi connectivity index (χ4v) is 5.91. The fourth-order valence-electron chi connectivity index (χ4n) is 5.91. The van der Waals surface area contributed by atoms with Gasteiger partial charge in [0.05, 0.1) is 6.54 Å². The Labute approximate surface area is 148 Å². The summed E-state index contributed by atoms with van der Waals surface area (Å²) in [5, 5.41) is 6.67. The summed E-state index contributed by atoms with van der Waals surface area (Å²) in [5.41, 5.74) is 1.28. The van der Waals surface area contributed by atoms with Crippen molar-refractivity contribution >= 4 is 5.91 Å². The molecule has 5 nitrogen and oxygen atoms in total. The Morgan fingerprint density at radius 3 is 2.44 bits per heavy atom. The second kappa shape index (κ2) is 5.90. The minimum Gasteiger partial charge on any atom is -0.454 e. The van der Waals surface area contributed by atoms with Crippen molar-refractivity contribution in [3.63, 3.8) is 0 Å². The van der Waals surface area contributed by atoms with Crippen LogP contribution in [0.1, 0.15) is 44.1 Å². The molecular formula is C20H26N2O3. The van der Waals surface area contributed by atoms with Crippen LogP contribution >= 0.6 is 0 Å².